The molecule has 0 radical (unpaired) electrons. The maximum Gasteiger partial charge on any atom is 0.357 e. The number of aromatic nitrogens is 1. The molecule has 6 nitrogen and oxygen atoms in total. The first-order valence-electron chi connectivity index (χ1n) is 7.79. The highest BCUT2D eigenvalue weighted by Crippen LogP contribution is 2.28. The Hall–Kier alpha value is -2.25. The van der Waals surface area contributed by atoms with E-state index in [9.17, 15) is 9.59 Å². The van der Waals surface area contributed by atoms with Gasteiger partial charge < -0.3 is 14.8 Å². The smallest absolute Gasteiger partial charge is 0.357 e. The summed E-state index contributed by atoms with van der Waals surface area (Å²) in [6.07, 6.45) is 0.423. The van der Waals surface area contributed by atoms with Gasteiger partial charge in [0.05, 0.1) is 18.2 Å². The molecule has 3 rings (SSSR count). The molecule has 1 aromatic carbocycles. The molecule has 1 saturated heterocycles. The van der Waals surface area contributed by atoms with Crippen LogP contribution >= 0.6 is 11.3 Å². The van der Waals surface area contributed by atoms with Gasteiger partial charge in [0.25, 0.3) is 0 Å². The number of rotatable bonds is 5. The molecule has 126 valence electrons. The molecule has 0 aliphatic carbocycles. The zero-order valence-electron chi connectivity index (χ0n) is 13.2. The first kappa shape index (κ1) is 16.6. The number of carbonyl (C=O) groups is 2. The lowest BCUT2D eigenvalue weighted by atomic mass is 10.2. The molecule has 1 aliphatic heterocycles. The van der Waals surface area contributed by atoms with Crippen LogP contribution in [0.3, 0.4) is 0 Å². The second-order valence-corrected chi connectivity index (χ2v) is 6.27. The normalized spacial score (nSPS) is 19.9. The highest BCUT2D eigenvalue weighted by molar-refractivity contribution is 7.09. The zero-order valence-corrected chi connectivity index (χ0v) is 14.0. The van der Waals surface area contributed by atoms with Crippen molar-refractivity contribution in [1.29, 1.82) is 0 Å². The van der Waals surface area contributed by atoms with Crippen LogP contribution in [0.2, 0.25) is 0 Å². The van der Waals surface area contributed by atoms with Crippen LogP contribution in [0.1, 0.15) is 45.2 Å². The van der Waals surface area contributed by atoms with Crippen LogP contribution in [0.25, 0.3) is 0 Å². The molecule has 0 amide bonds. The van der Waals surface area contributed by atoms with Crippen molar-refractivity contribution in [2.24, 2.45) is 0 Å². The van der Waals surface area contributed by atoms with Crippen LogP contribution in [0, 0.1) is 0 Å². The molecule has 0 unspecified atom stereocenters. The van der Waals surface area contributed by atoms with E-state index in [1.54, 1.807) is 36.6 Å². The number of carbonyl (C=O) groups excluding carboxylic acids is 2. The van der Waals surface area contributed by atoms with Crippen molar-refractivity contribution in [3.63, 3.8) is 0 Å². The lowest BCUT2D eigenvalue weighted by Crippen LogP contribution is -2.21. The molecule has 7 heteroatoms. The second kappa shape index (κ2) is 7.55. The summed E-state index contributed by atoms with van der Waals surface area (Å²) in [6, 6.07) is 8.90. The van der Waals surface area contributed by atoms with E-state index in [0.717, 1.165) is 5.01 Å². The monoisotopic (exact) mass is 346 g/mol. The van der Waals surface area contributed by atoms with E-state index in [4.69, 9.17) is 9.47 Å². The summed E-state index contributed by atoms with van der Waals surface area (Å²) in [7, 11) is 0. The van der Waals surface area contributed by atoms with Gasteiger partial charge in [-0.25, -0.2) is 14.6 Å². The molecular formula is C17H18N2O4S. The Kier molecular flexibility index (Phi) is 5.22. The molecule has 1 aliphatic rings. The summed E-state index contributed by atoms with van der Waals surface area (Å²) in [6.45, 7) is 2.65. The van der Waals surface area contributed by atoms with Gasteiger partial charge in [-0.05, 0) is 19.1 Å². The van der Waals surface area contributed by atoms with Crippen molar-refractivity contribution in [3.05, 3.63) is 52.0 Å². The molecular weight excluding hydrogens is 328 g/mol. The molecule has 24 heavy (non-hydrogen) atoms. The SMILES string of the molecule is CCOC(=O)c1csc([C@@H]2C[C@H](OC(=O)c3ccccc3)CN2)n1. The Balaban J connectivity index is 1.57. The molecule has 2 heterocycles. The Morgan fingerprint density at radius 3 is 2.83 bits per heavy atom. The highest BCUT2D eigenvalue weighted by atomic mass is 32.1. The van der Waals surface area contributed by atoms with Crippen LogP contribution in [0.5, 0.6) is 0 Å². The van der Waals surface area contributed by atoms with E-state index in [0.29, 0.717) is 30.8 Å². The van der Waals surface area contributed by atoms with E-state index in [1.807, 2.05) is 6.07 Å². The van der Waals surface area contributed by atoms with Gasteiger partial charge in [0.1, 0.15) is 11.1 Å². The average Bonchev–Trinajstić information content (AvgIpc) is 3.25. The minimum absolute atomic E-state index is 0.0215. The Morgan fingerprint density at radius 2 is 2.08 bits per heavy atom. The van der Waals surface area contributed by atoms with Gasteiger partial charge in [0, 0.05) is 18.3 Å². The van der Waals surface area contributed by atoms with Crippen LogP contribution in [-0.4, -0.2) is 36.2 Å². The summed E-state index contributed by atoms with van der Waals surface area (Å²) in [4.78, 5) is 28.1. The van der Waals surface area contributed by atoms with Gasteiger partial charge in [-0.2, -0.15) is 0 Å². The summed E-state index contributed by atoms with van der Waals surface area (Å²) in [5.74, 6) is -0.737. The third kappa shape index (κ3) is 3.80. The highest BCUT2D eigenvalue weighted by Gasteiger charge is 2.30. The van der Waals surface area contributed by atoms with Crippen LogP contribution in [0.15, 0.2) is 35.7 Å². The number of thiazole rings is 1. The maximum absolute atomic E-state index is 12.1. The molecule has 2 atom stereocenters. The fourth-order valence-corrected chi connectivity index (χ4v) is 3.40. The Morgan fingerprint density at radius 1 is 1.29 bits per heavy atom. The number of hydrogen-bond donors (Lipinski definition) is 1. The van der Waals surface area contributed by atoms with Gasteiger partial charge in [-0.1, -0.05) is 18.2 Å². The minimum Gasteiger partial charge on any atom is -0.461 e. The van der Waals surface area contributed by atoms with E-state index in [1.165, 1.54) is 11.3 Å². The van der Waals surface area contributed by atoms with E-state index < -0.39 is 5.97 Å². The molecule has 0 bridgehead atoms. The summed E-state index contributed by atoms with van der Waals surface area (Å²) in [5.41, 5.74) is 0.864. The lowest BCUT2D eigenvalue weighted by molar-refractivity contribution is 0.0339. The van der Waals surface area contributed by atoms with Crippen LogP contribution in [0.4, 0.5) is 0 Å². The number of nitrogens with one attached hydrogen (secondary N) is 1. The first-order valence-corrected chi connectivity index (χ1v) is 8.67. The number of ether oxygens (including phenoxy) is 2. The number of hydrogen-bond acceptors (Lipinski definition) is 7. The molecule has 1 aromatic heterocycles. The molecule has 0 spiro atoms. The van der Waals surface area contributed by atoms with Gasteiger partial charge in [0.2, 0.25) is 0 Å². The van der Waals surface area contributed by atoms with Gasteiger partial charge >= 0.3 is 11.9 Å². The van der Waals surface area contributed by atoms with E-state index in [2.05, 4.69) is 10.3 Å². The topological polar surface area (TPSA) is 77.5 Å². The Labute approximate surface area is 143 Å². The molecule has 1 fully saturated rings. The number of esters is 2. The van der Waals surface area contributed by atoms with Crippen molar-refractivity contribution < 1.29 is 19.1 Å². The second-order valence-electron chi connectivity index (χ2n) is 5.38. The fourth-order valence-electron chi connectivity index (χ4n) is 2.52. The van der Waals surface area contributed by atoms with Crippen molar-refractivity contribution in [2.45, 2.75) is 25.5 Å². The third-order valence-electron chi connectivity index (χ3n) is 3.68. The van der Waals surface area contributed by atoms with Crippen molar-refractivity contribution in [1.82, 2.24) is 10.3 Å². The van der Waals surface area contributed by atoms with Crippen molar-refractivity contribution >= 4 is 23.3 Å². The van der Waals surface area contributed by atoms with Gasteiger partial charge in [0.15, 0.2) is 5.69 Å². The van der Waals surface area contributed by atoms with Crippen molar-refractivity contribution in [2.75, 3.05) is 13.2 Å². The predicted molar refractivity (Wildman–Crippen MR) is 89.1 cm³/mol. The van der Waals surface area contributed by atoms with Crippen LogP contribution in [-0.2, 0) is 9.47 Å². The first-order chi connectivity index (χ1) is 11.7. The quantitative estimate of drug-likeness (QED) is 0.839. The van der Waals surface area contributed by atoms with E-state index in [-0.39, 0.29) is 18.1 Å². The standard InChI is InChI=1S/C17H18N2O4S/c1-2-22-17(21)14-10-24-15(19-14)13-8-12(9-18-13)23-16(20)11-6-4-3-5-7-11/h3-7,10,12-13,18H,2,8-9H2,1H3/t12-,13-/m0/s1. The summed E-state index contributed by atoms with van der Waals surface area (Å²) >= 11 is 1.40. The average molecular weight is 346 g/mol. The van der Waals surface area contributed by atoms with Crippen molar-refractivity contribution in [3.8, 4) is 0 Å². The number of nitrogens with zero attached hydrogens (tertiary/aromatic N) is 1. The maximum atomic E-state index is 12.1. The third-order valence-corrected chi connectivity index (χ3v) is 4.64. The Bertz CT molecular complexity index is 716. The minimum atomic E-state index is -0.412. The fraction of sp³-hybridized carbons (Fsp3) is 0.353. The largest absolute Gasteiger partial charge is 0.461 e. The predicted octanol–water partition coefficient (Wildman–Crippen LogP) is 2.58. The van der Waals surface area contributed by atoms with E-state index >= 15 is 0 Å². The molecule has 1 N–H and O–H groups in total. The summed E-state index contributed by atoms with van der Waals surface area (Å²) in [5, 5.41) is 5.78. The summed E-state index contributed by atoms with van der Waals surface area (Å²) < 4.78 is 10.5. The zero-order chi connectivity index (χ0) is 16.9. The van der Waals surface area contributed by atoms with Crippen LogP contribution < -0.4 is 5.32 Å². The number of benzene rings is 1. The lowest BCUT2D eigenvalue weighted by Gasteiger charge is -2.11. The molecule has 2 aromatic rings. The van der Waals surface area contributed by atoms with Gasteiger partial charge in [-0.15, -0.1) is 11.3 Å². The molecule has 0 saturated carbocycles. The van der Waals surface area contributed by atoms with Gasteiger partial charge in [-0.3, -0.25) is 0 Å².